The van der Waals surface area contributed by atoms with E-state index in [9.17, 15) is 19.7 Å². The lowest BCUT2D eigenvalue weighted by Gasteiger charge is -2.21. The van der Waals surface area contributed by atoms with Gasteiger partial charge in [-0.1, -0.05) is 12.1 Å². The summed E-state index contributed by atoms with van der Waals surface area (Å²) in [7, 11) is 1.16. The first-order chi connectivity index (χ1) is 9.54. The monoisotopic (exact) mass is 277 g/mol. The number of carbonyl (C=O) groups is 2. The van der Waals surface area contributed by atoms with Gasteiger partial charge in [0.15, 0.2) is 5.78 Å². The first kappa shape index (κ1) is 13.7. The summed E-state index contributed by atoms with van der Waals surface area (Å²) in [6, 6.07) is 6.01. The van der Waals surface area contributed by atoms with E-state index >= 15 is 0 Å². The number of methoxy groups -OCH3 is 1. The van der Waals surface area contributed by atoms with E-state index in [1.165, 1.54) is 18.2 Å². The molecule has 0 fully saturated rings. The summed E-state index contributed by atoms with van der Waals surface area (Å²) in [5, 5.41) is 10.9. The molecule has 7 heteroatoms. The molecule has 1 aromatic rings. The molecule has 0 radical (unpaired) electrons. The molecule has 1 aliphatic heterocycles. The Balaban J connectivity index is 2.30. The van der Waals surface area contributed by atoms with Crippen molar-refractivity contribution in [1.82, 2.24) is 0 Å². The van der Waals surface area contributed by atoms with Crippen LogP contribution in [-0.4, -0.2) is 23.8 Å². The summed E-state index contributed by atoms with van der Waals surface area (Å²) in [5.74, 6) is -1.25. The fourth-order valence-corrected chi connectivity index (χ4v) is 1.92. The molecule has 0 bridgehead atoms. The van der Waals surface area contributed by atoms with Crippen molar-refractivity contribution < 1.29 is 24.0 Å². The van der Waals surface area contributed by atoms with Crippen molar-refractivity contribution >= 4 is 17.4 Å². The van der Waals surface area contributed by atoms with Gasteiger partial charge in [-0.2, -0.15) is 0 Å². The molecule has 0 saturated carbocycles. The second-order valence-corrected chi connectivity index (χ2v) is 4.09. The van der Waals surface area contributed by atoms with E-state index in [0.29, 0.717) is 5.56 Å². The van der Waals surface area contributed by atoms with Gasteiger partial charge in [0.25, 0.3) is 5.69 Å². The molecule has 0 N–H and O–H groups in total. The highest BCUT2D eigenvalue weighted by molar-refractivity contribution is 6.17. The number of nitrogens with zero attached hydrogens (tertiary/aromatic N) is 1. The minimum atomic E-state index is -0.781. The maximum atomic E-state index is 11.8. The van der Waals surface area contributed by atoms with Crippen molar-refractivity contribution in [3.8, 4) is 0 Å². The van der Waals surface area contributed by atoms with Crippen LogP contribution in [0.3, 0.4) is 0 Å². The number of ketones is 1. The van der Waals surface area contributed by atoms with Crippen LogP contribution in [0.1, 0.15) is 18.1 Å². The third kappa shape index (κ3) is 2.51. The second kappa shape index (κ2) is 5.52. The quantitative estimate of drug-likeness (QED) is 0.361. The van der Waals surface area contributed by atoms with Crippen LogP contribution in [0.15, 0.2) is 36.1 Å². The number of carbonyl (C=O) groups excluding carboxylic acids is 2. The van der Waals surface area contributed by atoms with Crippen molar-refractivity contribution in [1.29, 1.82) is 0 Å². The van der Waals surface area contributed by atoms with Gasteiger partial charge in [-0.05, 0) is 6.07 Å². The maximum absolute atomic E-state index is 11.8. The number of hydrogen-bond donors (Lipinski definition) is 0. The molecule has 0 spiro atoms. The molecule has 1 heterocycles. The second-order valence-electron chi connectivity index (χ2n) is 4.09. The number of nitro benzene ring substituents is 1. The Bertz CT molecular complexity index is 607. The van der Waals surface area contributed by atoms with E-state index in [4.69, 9.17) is 4.74 Å². The summed E-state index contributed by atoms with van der Waals surface area (Å²) >= 11 is 0. The summed E-state index contributed by atoms with van der Waals surface area (Å²) in [5.41, 5.74) is -0.0198. The molecule has 2 rings (SSSR count). The summed E-state index contributed by atoms with van der Waals surface area (Å²) in [6.07, 6.45) is 0.0719. The fourth-order valence-electron chi connectivity index (χ4n) is 1.92. The van der Waals surface area contributed by atoms with Gasteiger partial charge in [0.2, 0.25) is 0 Å². The molecule has 0 saturated heterocycles. The zero-order chi connectivity index (χ0) is 14.7. The maximum Gasteiger partial charge on any atom is 0.344 e. The Morgan fingerprint density at radius 3 is 2.75 bits per heavy atom. The highest BCUT2D eigenvalue weighted by Crippen LogP contribution is 2.33. The van der Waals surface area contributed by atoms with Gasteiger partial charge in [-0.25, -0.2) is 4.79 Å². The van der Waals surface area contributed by atoms with Crippen LogP contribution in [0.4, 0.5) is 5.69 Å². The average Bonchev–Trinajstić information content (AvgIpc) is 2.46. The summed E-state index contributed by atoms with van der Waals surface area (Å²) in [6.45, 7) is 0. The van der Waals surface area contributed by atoms with E-state index in [-0.39, 0.29) is 17.7 Å². The van der Waals surface area contributed by atoms with Crippen molar-refractivity contribution in [2.75, 3.05) is 7.11 Å². The van der Waals surface area contributed by atoms with Gasteiger partial charge in [0.05, 0.1) is 24.0 Å². The first-order valence-corrected chi connectivity index (χ1v) is 5.75. The number of rotatable bonds is 3. The van der Waals surface area contributed by atoms with Crippen molar-refractivity contribution in [3.63, 3.8) is 0 Å². The molecule has 0 aromatic heterocycles. The van der Waals surface area contributed by atoms with E-state index in [1.54, 1.807) is 6.07 Å². The third-order valence-electron chi connectivity index (χ3n) is 2.91. The number of hydrogen-bond acceptors (Lipinski definition) is 6. The van der Waals surface area contributed by atoms with Gasteiger partial charge in [-0.15, -0.1) is 0 Å². The van der Waals surface area contributed by atoms with Crippen LogP contribution >= 0.6 is 0 Å². The zero-order valence-corrected chi connectivity index (χ0v) is 10.6. The molecule has 0 unspecified atom stereocenters. The SMILES string of the molecule is COC(=O)C1=CO[C@@H](c2ccccc2[N+](=O)[O-])CC1=O. The highest BCUT2D eigenvalue weighted by atomic mass is 16.6. The van der Waals surface area contributed by atoms with Gasteiger partial charge >= 0.3 is 5.97 Å². The molecule has 1 aromatic carbocycles. The Hall–Kier alpha value is -2.70. The number of esters is 1. The van der Waals surface area contributed by atoms with E-state index in [1.807, 2.05) is 0 Å². The predicted molar refractivity (Wildman–Crippen MR) is 66.6 cm³/mol. The number of nitro groups is 1. The van der Waals surface area contributed by atoms with Crippen LogP contribution < -0.4 is 0 Å². The Morgan fingerprint density at radius 1 is 1.45 bits per heavy atom. The van der Waals surface area contributed by atoms with Crippen molar-refractivity contribution in [3.05, 3.63) is 51.8 Å². The predicted octanol–water partition coefficient (Wildman–Crippen LogP) is 1.68. The molecule has 20 heavy (non-hydrogen) atoms. The third-order valence-corrected chi connectivity index (χ3v) is 2.91. The number of benzene rings is 1. The van der Waals surface area contributed by atoms with Gasteiger partial charge in [0, 0.05) is 6.07 Å². The van der Waals surface area contributed by atoms with Crippen LogP contribution in [-0.2, 0) is 19.1 Å². The summed E-state index contributed by atoms with van der Waals surface area (Å²) in [4.78, 5) is 33.5. The van der Waals surface area contributed by atoms with E-state index < -0.39 is 22.8 Å². The van der Waals surface area contributed by atoms with Crippen LogP contribution in [0, 0.1) is 10.1 Å². The van der Waals surface area contributed by atoms with Crippen LogP contribution in [0.5, 0.6) is 0 Å². The molecule has 1 atom stereocenters. The van der Waals surface area contributed by atoms with E-state index in [0.717, 1.165) is 13.4 Å². The molecule has 104 valence electrons. The van der Waals surface area contributed by atoms with Crippen LogP contribution in [0.25, 0.3) is 0 Å². The summed E-state index contributed by atoms with van der Waals surface area (Å²) < 4.78 is 9.72. The Morgan fingerprint density at radius 2 is 2.15 bits per heavy atom. The average molecular weight is 277 g/mol. The Labute approximate surface area is 113 Å². The molecule has 0 amide bonds. The van der Waals surface area contributed by atoms with Gasteiger partial charge < -0.3 is 9.47 Å². The van der Waals surface area contributed by atoms with Gasteiger partial charge in [0.1, 0.15) is 17.9 Å². The number of ether oxygens (including phenoxy) is 2. The molecule has 7 nitrogen and oxygen atoms in total. The Kier molecular flexibility index (Phi) is 3.79. The highest BCUT2D eigenvalue weighted by Gasteiger charge is 2.32. The zero-order valence-electron chi connectivity index (χ0n) is 10.6. The van der Waals surface area contributed by atoms with E-state index in [2.05, 4.69) is 4.74 Å². The van der Waals surface area contributed by atoms with Crippen molar-refractivity contribution in [2.24, 2.45) is 0 Å². The van der Waals surface area contributed by atoms with Crippen LogP contribution in [0.2, 0.25) is 0 Å². The fraction of sp³-hybridized carbons (Fsp3) is 0.231. The van der Waals surface area contributed by atoms with Crippen molar-refractivity contribution in [2.45, 2.75) is 12.5 Å². The molecular weight excluding hydrogens is 266 g/mol. The minimum Gasteiger partial charge on any atom is -0.492 e. The molecule has 1 aliphatic rings. The minimum absolute atomic E-state index is 0.125. The van der Waals surface area contributed by atoms with Gasteiger partial charge in [-0.3, -0.25) is 14.9 Å². The largest absolute Gasteiger partial charge is 0.492 e. The topological polar surface area (TPSA) is 95.7 Å². The molecular formula is C13H11NO6. The standard InChI is InChI=1S/C13H11NO6/c1-19-13(16)9-7-20-12(6-11(9)15)8-4-2-3-5-10(8)14(17)18/h2-5,7,12H,6H2,1H3/t12-/m1/s1. The smallest absolute Gasteiger partial charge is 0.344 e. The number of para-hydroxylation sites is 1. The lowest BCUT2D eigenvalue weighted by molar-refractivity contribution is -0.386. The molecule has 0 aliphatic carbocycles. The number of Topliss-reactive ketones (excluding diaryl/α,β-unsaturated/α-hetero) is 1. The lowest BCUT2D eigenvalue weighted by Crippen LogP contribution is -2.22. The first-order valence-electron chi connectivity index (χ1n) is 5.75. The normalized spacial score (nSPS) is 17.9. The lowest BCUT2D eigenvalue weighted by atomic mass is 9.97.